The number of aromatic amines is 1. The van der Waals surface area contributed by atoms with Crippen molar-refractivity contribution < 1.29 is 14.4 Å². The number of carbonyl (C=O) groups is 3. The highest BCUT2D eigenvalue weighted by molar-refractivity contribution is 6.30. The molecule has 2 aliphatic heterocycles. The Morgan fingerprint density at radius 2 is 1.71 bits per heavy atom. The van der Waals surface area contributed by atoms with Crippen LogP contribution in [0.15, 0.2) is 97.1 Å². The van der Waals surface area contributed by atoms with Crippen LogP contribution < -0.4 is 10.2 Å². The molecule has 0 spiro atoms. The zero-order valence-electron chi connectivity index (χ0n) is 22.8. The van der Waals surface area contributed by atoms with Gasteiger partial charge in [0.25, 0.3) is 11.8 Å². The maximum absolute atomic E-state index is 14.3. The van der Waals surface area contributed by atoms with Crippen molar-refractivity contribution in [3.8, 4) is 0 Å². The summed E-state index contributed by atoms with van der Waals surface area (Å²) < 4.78 is 0. The van der Waals surface area contributed by atoms with E-state index in [4.69, 9.17) is 11.6 Å². The predicted molar refractivity (Wildman–Crippen MR) is 164 cm³/mol. The largest absolute Gasteiger partial charge is 0.356 e. The third-order valence-corrected chi connectivity index (χ3v) is 8.46. The van der Waals surface area contributed by atoms with Crippen LogP contribution in [0.5, 0.6) is 0 Å². The highest BCUT2D eigenvalue weighted by Gasteiger charge is 2.53. The van der Waals surface area contributed by atoms with E-state index in [-0.39, 0.29) is 17.2 Å². The first-order chi connectivity index (χ1) is 20.4. The summed E-state index contributed by atoms with van der Waals surface area (Å²) in [5.41, 5.74) is 5.89. The Hall–Kier alpha value is -4.88. The fourth-order valence-corrected chi connectivity index (χ4v) is 6.40. The molecule has 2 N–H and O–H groups in total. The number of hydrogen-bond donors (Lipinski definition) is 2. The Balaban J connectivity index is 1.30. The van der Waals surface area contributed by atoms with Gasteiger partial charge < -0.3 is 10.3 Å². The minimum atomic E-state index is -0.745. The first-order valence-corrected chi connectivity index (χ1v) is 14.3. The van der Waals surface area contributed by atoms with Crippen molar-refractivity contribution >= 4 is 51.7 Å². The van der Waals surface area contributed by atoms with E-state index >= 15 is 0 Å². The number of anilines is 2. The zero-order chi connectivity index (χ0) is 29.0. The highest BCUT2D eigenvalue weighted by atomic mass is 35.5. The van der Waals surface area contributed by atoms with E-state index in [2.05, 4.69) is 17.2 Å². The summed E-state index contributed by atoms with van der Waals surface area (Å²) in [6.45, 7) is 2.07. The van der Waals surface area contributed by atoms with Crippen LogP contribution >= 0.6 is 11.6 Å². The van der Waals surface area contributed by atoms with Crippen LogP contribution in [0, 0.1) is 0 Å². The molecule has 4 aromatic carbocycles. The van der Waals surface area contributed by atoms with Crippen molar-refractivity contribution in [1.29, 1.82) is 0 Å². The molecule has 1 unspecified atom stereocenters. The molecule has 2 aliphatic rings. The minimum Gasteiger partial charge on any atom is -0.356 e. The summed E-state index contributed by atoms with van der Waals surface area (Å²) in [5.74, 6) is -0.765. The van der Waals surface area contributed by atoms with Crippen molar-refractivity contribution in [1.82, 2.24) is 9.88 Å². The van der Waals surface area contributed by atoms with E-state index < -0.39 is 24.0 Å². The second-order valence-corrected chi connectivity index (χ2v) is 11.1. The average molecular weight is 575 g/mol. The van der Waals surface area contributed by atoms with Crippen molar-refractivity contribution in [2.75, 3.05) is 10.2 Å². The van der Waals surface area contributed by atoms with Crippen LogP contribution in [0.25, 0.3) is 10.9 Å². The molecule has 5 aromatic rings. The Morgan fingerprint density at radius 1 is 0.952 bits per heavy atom. The van der Waals surface area contributed by atoms with Gasteiger partial charge in [0.1, 0.15) is 12.1 Å². The molecule has 1 fully saturated rings. The Bertz CT molecular complexity index is 1880. The van der Waals surface area contributed by atoms with Crippen molar-refractivity contribution in [3.63, 3.8) is 0 Å². The third-order valence-electron chi connectivity index (χ3n) is 8.22. The van der Waals surface area contributed by atoms with Gasteiger partial charge in [0, 0.05) is 33.7 Å². The second kappa shape index (κ2) is 10.2. The lowest BCUT2D eigenvalue weighted by molar-refractivity contribution is -0.120. The van der Waals surface area contributed by atoms with Gasteiger partial charge in [-0.2, -0.15) is 0 Å². The maximum atomic E-state index is 14.3. The Labute approximate surface area is 247 Å². The smallest absolute Gasteiger partial charge is 0.332 e. The molecule has 7 nitrogen and oxygen atoms in total. The molecule has 8 heteroatoms. The normalized spacial score (nSPS) is 17.9. The van der Waals surface area contributed by atoms with Crippen molar-refractivity contribution in [2.45, 2.75) is 31.8 Å². The molecule has 4 amide bonds. The van der Waals surface area contributed by atoms with Gasteiger partial charge in [-0.05, 0) is 65.6 Å². The van der Waals surface area contributed by atoms with Crippen molar-refractivity contribution in [3.05, 3.63) is 130 Å². The lowest BCUT2D eigenvalue weighted by Gasteiger charge is -2.36. The molecule has 3 heterocycles. The van der Waals surface area contributed by atoms with E-state index in [9.17, 15) is 14.4 Å². The van der Waals surface area contributed by atoms with Crippen LogP contribution in [0.4, 0.5) is 16.2 Å². The van der Waals surface area contributed by atoms with Gasteiger partial charge in [0.05, 0.1) is 11.3 Å². The molecule has 1 aromatic heterocycles. The summed E-state index contributed by atoms with van der Waals surface area (Å²) in [6, 6.07) is 27.9. The number of amides is 4. The summed E-state index contributed by atoms with van der Waals surface area (Å²) in [4.78, 5) is 48.3. The molecule has 42 heavy (non-hydrogen) atoms. The number of carbonyl (C=O) groups excluding carboxylic acids is 3. The number of fused-ring (bicyclic) bond motifs is 4. The molecule has 2 atom stereocenters. The van der Waals surface area contributed by atoms with Crippen LogP contribution in [0.2, 0.25) is 5.02 Å². The quantitative estimate of drug-likeness (QED) is 0.219. The molecule has 0 radical (unpaired) electrons. The Morgan fingerprint density at radius 3 is 2.50 bits per heavy atom. The minimum absolute atomic E-state index is 0.238. The average Bonchev–Trinajstić information content (AvgIpc) is 3.50. The van der Waals surface area contributed by atoms with Gasteiger partial charge in [-0.25, -0.2) is 9.69 Å². The monoisotopic (exact) mass is 574 g/mol. The molecule has 7 rings (SSSR count). The number of aromatic nitrogens is 1. The summed E-state index contributed by atoms with van der Waals surface area (Å²) >= 11 is 6.41. The SMILES string of the molecule is CCc1ccc(NC(=O)c2ccccc2N2C(=O)[C@@H]3Cc4c([nH]c5ccccc45)C(c4cccc(Cl)c4)N3C2=O)cc1. The first kappa shape index (κ1) is 26.0. The number of rotatable bonds is 5. The van der Waals surface area contributed by atoms with E-state index in [0.29, 0.717) is 17.1 Å². The number of H-pyrrole nitrogens is 1. The van der Waals surface area contributed by atoms with Gasteiger partial charge >= 0.3 is 6.03 Å². The van der Waals surface area contributed by atoms with Gasteiger partial charge in [-0.1, -0.05) is 73.1 Å². The van der Waals surface area contributed by atoms with Crippen LogP contribution in [0.1, 0.15) is 45.7 Å². The number of urea groups is 1. The molecule has 0 saturated carbocycles. The summed E-state index contributed by atoms with van der Waals surface area (Å²) in [5, 5.41) is 4.47. The topological polar surface area (TPSA) is 85.5 Å². The number of hydrogen-bond acceptors (Lipinski definition) is 3. The third kappa shape index (κ3) is 4.16. The number of nitrogens with zero attached hydrogens (tertiary/aromatic N) is 2. The molecular formula is C34H27ClN4O3. The zero-order valence-corrected chi connectivity index (χ0v) is 23.6. The van der Waals surface area contributed by atoms with E-state index in [1.165, 1.54) is 0 Å². The van der Waals surface area contributed by atoms with Gasteiger partial charge in [0.2, 0.25) is 0 Å². The maximum Gasteiger partial charge on any atom is 0.332 e. The predicted octanol–water partition coefficient (Wildman–Crippen LogP) is 7.12. The molecule has 0 aliphatic carbocycles. The van der Waals surface area contributed by atoms with Crippen LogP contribution in [0.3, 0.4) is 0 Å². The summed E-state index contributed by atoms with van der Waals surface area (Å²) in [6.07, 6.45) is 1.25. The fraction of sp³-hybridized carbons (Fsp3) is 0.147. The highest BCUT2D eigenvalue weighted by Crippen LogP contribution is 2.45. The Kier molecular flexibility index (Phi) is 6.32. The summed E-state index contributed by atoms with van der Waals surface area (Å²) in [7, 11) is 0. The lowest BCUT2D eigenvalue weighted by Crippen LogP contribution is -2.44. The van der Waals surface area contributed by atoms with E-state index in [1.807, 2.05) is 66.7 Å². The van der Waals surface area contributed by atoms with Crippen molar-refractivity contribution in [2.24, 2.45) is 0 Å². The molecule has 1 saturated heterocycles. The number of nitrogens with one attached hydrogen (secondary N) is 2. The number of halogens is 1. The van der Waals surface area contributed by atoms with Gasteiger partial charge in [-0.3, -0.25) is 14.5 Å². The fourth-order valence-electron chi connectivity index (χ4n) is 6.20. The number of imide groups is 1. The lowest BCUT2D eigenvalue weighted by atomic mass is 9.89. The number of para-hydroxylation sites is 2. The first-order valence-electron chi connectivity index (χ1n) is 13.9. The standard InChI is InChI=1S/C34H27ClN4O3/c1-2-20-14-16-23(17-15-20)36-32(40)25-11-4-6-13-28(25)39-33(41)29-19-26-24-10-3-5-12-27(24)37-30(26)31(38(29)34(39)42)21-8-7-9-22(35)18-21/h3-18,29,31,37H,2,19H2,1H3,(H,36,40)/t29-,31?/m0/s1. The molecular weight excluding hydrogens is 548 g/mol. The van der Waals surface area contributed by atoms with E-state index in [1.54, 1.807) is 35.2 Å². The molecule has 208 valence electrons. The van der Waals surface area contributed by atoms with Crippen LogP contribution in [-0.2, 0) is 17.6 Å². The second-order valence-electron chi connectivity index (χ2n) is 10.6. The number of benzene rings is 4. The van der Waals surface area contributed by atoms with E-state index in [0.717, 1.165) is 44.6 Å². The van der Waals surface area contributed by atoms with Crippen LogP contribution in [-0.4, -0.2) is 33.8 Å². The number of aryl methyl sites for hydroxylation is 1. The van der Waals surface area contributed by atoms with Gasteiger partial charge in [-0.15, -0.1) is 0 Å². The molecule has 0 bridgehead atoms. The van der Waals surface area contributed by atoms with Gasteiger partial charge in [0.15, 0.2) is 0 Å².